The summed E-state index contributed by atoms with van der Waals surface area (Å²) in [6.45, 7) is 1.70. The molecule has 2 N–H and O–H groups in total. The van der Waals surface area contributed by atoms with Crippen molar-refractivity contribution in [3.8, 4) is 0 Å². The van der Waals surface area contributed by atoms with Gasteiger partial charge in [0.05, 0.1) is 4.92 Å². The second kappa shape index (κ2) is 6.42. The maximum Gasteiger partial charge on any atom is 0.269 e. The van der Waals surface area contributed by atoms with Gasteiger partial charge in [-0.05, 0) is 12.5 Å². The highest BCUT2D eigenvalue weighted by molar-refractivity contribution is 7.84. The van der Waals surface area contributed by atoms with E-state index in [1.165, 1.54) is 12.1 Å². The molecule has 0 fully saturated rings. The lowest BCUT2D eigenvalue weighted by molar-refractivity contribution is -0.384. The number of allylic oxidation sites excluding steroid dienone is 1. The van der Waals surface area contributed by atoms with Crippen LogP contribution in [0, 0.1) is 10.1 Å². The molecule has 5 nitrogen and oxygen atoms in total. The summed E-state index contributed by atoms with van der Waals surface area (Å²) in [6.07, 6.45) is 0.370. The Labute approximate surface area is 115 Å². The van der Waals surface area contributed by atoms with E-state index in [1.54, 1.807) is 19.1 Å². The third-order valence-electron chi connectivity index (χ3n) is 2.07. The van der Waals surface area contributed by atoms with Gasteiger partial charge in [-0.3, -0.25) is 10.1 Å². The fraction of sp³-hybridized carbons (Fsp3) is 0.182. The van der Waals surface area contributed by atoms with Crippen LogP contribution in [0.15, 0.2) is 39.3 Å². The second-order valence-corrected chi connectivity index (χ2v) is 4.61. The van der Waals surface area contributed by atoms with E-state index in [9.17, 15) is 10.1 Å². The number of halogens is 1. The van der Waals surface area contributed by atoms with Gasteiger partial charge in [0.1, 0.15) is 11.0 Å². The van der Waals surface area contributed by atoms with Gasteiger partial charge in [0, 0.05) is 23.5 Å². The van der Waals surface area contributed by atoms with Crippen LogP contribution in [0.25, 0.3) is 0 Å². The van der Waals surface area contributed by atoms with Crippen molar-refractivity contribution in [2.75, 3.05) is 0 Å². The molecular weight excluding hydrogens is 274 g/mol. The van der Waals surface area contributed by atoms with Gasteiger partial charge >= 0.3 is 0 Å². The Morgan fingerprint density at radius 2 is 2.06 bits per heavy atom. The predicted octanol–water partition coefficient (Wildman–Crippen LogP) is 2.85. The van der Waals surface area contributed by atoms with E-state index in [1.807, 2.05) is 0 Å². The van der Waals surface area contributed by atoms with Crippen LogP contribution in [-0.4, -0.2) is 10.8 Å². The topological polar surface area (TPSA) is 81.5 Å². The predicted molar refractivity (Wildman–Crippen MR) is 76.0 cm³/mol. The standard InChI is InChI=1S/C11H12ClN3O2S/c1-7(18)11(12)14-10(13)6-8-2-4-9(5-3-8)15(16)17/h2-5,18H,6H2,1H3,(H2,13,14)/b11-7-. The van der Waals surface area contributed by atoms with Crippen molar-refractivity contribution in [1.82, 2.24) is 0 Å². The SMILES string of the molecule is C/C(S)=C(Cl)/N=C(\N)Cc1ccc([N+](=O)[O-])cc1. The zero-order chi connectivity index (χ0) is 13.7. The minimum absolute atomic E-state index is 0.0402. The van der Waals surface area contributed by atoms with E-state index in [2.05, 4.69) is 17.6 Å². The van der Waals surface area contributed by atoms with Crippen LogP contribution in [0.2, 0.25) is 0 Å². The zero-order valence-corrected chi connectivity index (χ0v) is 11.3. The second-order valence-electron chi connectivity index (χ2n) is 3.58. The first-order valence-corrected chi connectivity index (χ1v) is 5.84. The molecule has 0 heterocycles. The number of rotatable bonds is 4. The normalized spacial score (nSPS) is 13.2. The van der Waals surface area contributed by atoms with E-state index in [0.29, 0.717) is 17.2 Å². The lowest BCUT2D eigenvalue weighted by atomic mass is 10.1. The summed E-state index contributed by atoms with van der Waals surface area (Å²) in [4.78, 5) is 14.6. The zero-order valence-electron chi connectivity index (χ0n) is 9.63. The third-order valence-corrected chi connectivity index (χ3v) is 2.78. The quantitative estimate of drug-likeness (QED) is 0.223. The van der Waals surface area contributed by atoms with Crippen LogP contribution in [0.5, 0.6) is 0 Å². The molecule has 96 valence electrons. The summed E-state index contributed by atoms with van der Waals surface area (Å²) in [5.74, 6) is 0.322. The number of hydrogen-bond donors (Lipinski definition) is 2. The number of nitrogens with zero attached hydrogens (tertiary/aromatic N) is 2. The number of hydrogen-bond acceptors (Lipinski definition) is 4. The first-order valence-electron chi connectivity index (χ1n) is 5.02. The number of nitrogens with two attached hydrogens (primary N) is 1. The van der Waals surface area contributed by atoms with Crippen LogP contribution in [-0.2, 0) is 6.42 Å². The number of non-ortho nitro benzene ring substituents is 1. The van der Waals surface area contributed by atoms with Gasteiger partial charge in [0.2, 0.25) is 0 Å². The van der Waals surface area contributed by atoms with Gasteiger partial charge < -0.3 is 5.73 Å². The average Bonchev–Trinajstić information content (AvgIpc) is 2.29. The smallest absolute Gasteiger partial charge is 0.269 e. The van der Waals surface area contributed by atoms with Crippen LogP contribution >= 0.6 is 24.2 Å². The molecule has 1 aromatic rings. The van der Waals surface area contributed by atoms with E-state index in [4.69, 9.17) is 17.3 Å². The third kappa shape index (κ3) is 4.38. The van der Waals surface area contributed by atoms with Crippen molar-refractivity contribution in [2.45, 2.75) is 13.3 Å². The molecule has 0 spiro atoms. The van der Waals surface area contributed by atoms with Gasteiger partial charge in [-0.1, -0.05) is 23.7 Å². The fourth-order valence-corrected chi connectivity index (χ4v) is 1.35. The molecule has 1 rings (SSSR count). The minimum atomic E-state index is -0.453. The summed E-state index contributed by atoms with van der Waals surface area (Å²) in [7, 11) is 0. The van der Waals surface area contributed by atoms with Crippen LogP contribution in [0.1, 0.15) is 12.5 Å². The van der Waals surface area contributed by atoms with Crippen molar-refractivity contribution in [3.63, 3.8) is 0 Å². The maximum atomic E-state index is 10.5. The monoisotopic (exact) mass is 285 g/mol. The lowest BCUT2D eigenvalue weighted by Gasteiger charge is -2.01. The van der Waals surface area contributed by atoms with Crippen molar-refractivity contribution < 1.29 is 4.92 Å². The average molecular weight is 286 g/mol. The highest BCUT2D eigenvalue weighted by atomic mass is 35.5. The lowest BCUT2D eigenvalue weighted by Crippen LogP contribution is -2.14. The molecule has 0 aliphatic carbocycles. The molecule has 0 radical (unpaired) electrons. The van der Waals surface area contributed by atoms with Gasteiger partial charge in [-0.15, -0.1) is 12.6 Å². The molecule has 0 amide bonds. The molecular formula is C11H12ClN3O2S. The molecule has 0 aliphatic heterocycles. The number of benzene rings is 1. The van der Waals surface area contributed by atoms with Gasteiger partial charge in [0.15, 0.2) is 0 Å². The molecule has 7 heteroatoms. The van der Waals surface area contributed by atoms with Crippen LogP contribution < -0.4 is 5.73 Å². The van der Waals surface area contributed by atoms with E-state index in [-0.39, 0.29) is 10.8 Å². The molecule has 0 saturated heterocycles. The molecule has 0 unspecified atom stereocenters. The fourth-order valence-electron chi connectivity index (χ4n) is 1.19. The van der Waals surface area contributed by atoms with Gasteiger partial charge in [0.25, 0.3) is 5.69 Å². The number of thiol groups is 1. The van der Waals surface area contributed by atoms with Crippen LogP contribution in [0.4, 0.5) is 5.69 Å². The summed E-state index contributed by atoms with van der Waals surface area (Å²) in [6, 6.07) is 6.10. The highest BCUT2D eigenvalue weighted by Gasteiger charge is 2.05. The molecule has 1 aromatic carbocycles. The Hall–Kier alpha value is -1.53. The number of aliphatic imine (C=N–C) groups is 1. The van der Waals surface area contributed by atoms with Crippen molar-refractivity contribution >= 4 is 35.8 Å². The van der Waals surface area contributed by atoms with Crippen LogP contribution in [0.3, 0.4) is 0 Å². The molecule has 0 bridgehead atoms. The Morgan fingerprint density at radius 3 is 2.50 bits per heavy atom. The molecule has 0 aromatic heterocycles. The Kier molecular flexibility index (Phi) is 5.18. The number of amidine groups is 1. The Morgan fingerprint density at radius 1 is 1.50 bits per heavy atom. The first-order chi connectivity index (χ1) is 8.40. The molecule has 0 atom stereocenters. The van der Waals surface area contributed by atoms with Gasteiger partial charge in [-0.2, -0.15) is 0 Å². The van der Waals surface area contributed by atoms with Crippen molar-refractivity contribution in [1.29, 1.82) is 0 Å². The molecule has 0 aliphatic rings. The van der Waals surface area contributed by atoms with Crippen molar-refractivity contribution in [3.05, 3.63) is 50.0 Å². The summed E-state index contributed by atoms with van der Waals surface area (Å²) in [5, 5.41) is 10.7. The number of nitro benzene ring substituents is 1. The molecule has 18 heavy (non-hydrogen) atoms. The Bertz CT molecular complexity index is 508. The minimum Gasteiger partial charge on any atom is -0.387 e. The largest absolute Gasteiger partial charge is 0.387 e. The summed E-state index contributed by atoms with van der Waals surface area (Å²) in [5.41, 5.74) is 6.57. The number of nitro groups is 1. The first kappa shape index (κ1) is 14.5. The van der Waals surface area contributed by atoms with E-state index in [0.717, 1.165) is 5.56 Å². The van der Waals surface area contributed by atoms with E-state index >= 15 is 0 Å². The molecule has 0 saturated carbocycles. The summed E-state index contributed by atoms with van der Waals surface area (Å²) >= 11 is 9.83. The maximum absolute atomic E-state index is 10.5. The highest BCUT2D eigenvalue weighted by Crippen LogP contribution is 2.15. The Balaban J connectivity index is 2.80. The van der Waals surface area contributed by atoms with Crippen molar-refractivity contribution in [2.24, 2.45) is 10.7 Å². The van der Waals surface area contributed by atoms with E-state index < -0.39 is 4.92 Å². The van der Waals surface area contributed by atoms with Gasteiger partial charge in [-0.25, -0.2) is 4.99 Å². The summed E-state index contributed by atoms with van der Waals surface area (Å²) < 4.78 is 0.